The maximum Gasteiger partial charge on any atom is 0.0412 e. The van der Waals surface area contributed by atoms with Gasteiger partial charge in [0.1, 0.15) is 0 Å². The Kier molecular flexibility index (Phi) is 2.36. The standard InChI is InChI=1S/C13H19N/c1-10-3-5-12(6-4-10)13(14)8-7-11(2)9-13/h3-6,11H,7-9,14H2,1-2H3. The van der Waals surface area contributed by atoms with Crippen molar-refractivity contribution in [3.05, 3.63) is 35.4 Å². The Bertz CT molecular complexity index is 315. The maximum atomic E-state index is 6.42. The van der Waals surface area contributed by atoms with Crippen LogP contribution in [0.25, 0.3) is 0 Å². The molecule has 1 saturated carbocycles. The third-order valence-electron chi connectivity index (χ3n) is 3.42. The lowest BCUT2D eigenvalue weighted by Gasteiger charge is -2.24. The van der Waals surface area contributed by atoms with Crippen molar-refractivity contribution in [2.45, 2.75) is 38.6 Å². The summed E-state index contributed by atoms with van der Waals surface area (Å²) in [6.45, 7) is 4.41. The minimum absolute atomic E-state index is 0.0485. The van der Waals surface area contributed by atoms with Crippen molar-refractivity contribution in [1.82, 2.24) is 0 Å². The molecule has 2 unspecified atom stereocenters. The van der Waals surface area contributed by atoms with Crippen LogP contribution in [-0.2, 0) is 5.54 Å². The van der Waals surface area contributed by atoms with Gasteiger partial charge in [-0.2, -0.15) is 0 Å². The van der Waals surface area contributed by atoms with Gasteiger partial charge in [0.2, 0.25) is 0 Å². The summed E-state index contributed by atoms with van der Waals surface area (Å²) in [7, 11) is 0. The lowest BCUT2D eigenvalue weighted by molar-refractivity contribution is 0.440. The maximum absolute atomic E-state index is 6.42. The highest BCUT2D eigenvalue weighted by molar-refractivity contribution is 5.28. The van der Waals surface area contributed by atoms with E-state index in [9.17, 15) is 0 Å². The van der Waals surface area contributed by atoms with E-state index in [0.717, 1.165) is 18.8 Å². The molecular formula is C13H19N. The Balaban J connectivity index is 2.26. The first-order valence-corrected chi connectivity index (χ1v) is 5.46. The normalized spacial score (nSPS) is 32.1. The van der Waals surface area contributed by atoms with Gasteiger partial charge in [-0.15, -0.1) is 0 Å². The monoisotopic (exact) mass is 189 g/mol. The largest absolute Gasteiger partial charge is 0.321 e. The zero-order chi connectivity index (χ0) is 10.2. The van der Waals surface area contributed by atoms with Gasteiger partial charge < -0.3 is 5.73 Å². The van der Waals surface area contributed by atoms with E-state index < -0.39 is 0 Å². The van der Waals surface area contributed by atoms with E-state index in [1.165, 1.54) is 17.5 Å². The molecule has 1 heteroatoms. The Morgan fingerprint density at radius 2 is 1.93 bits per heavy atom. The molecule has 2 rings (SSSR count). The summed E-state index contributed by atoms with van der Waals surface area (Å²) in [5.74, 6) is 0.779. The topological polar surface area (TPSA) is 26.0 Å². The van der Waals surface area contributed by atoms with Crippen LogP contribution in [0.3, 0.4) is 0 Å². The van der Waals surface area contributed by atoms with Gasteiger partial charge in [-0.05, 0) is 37.7 Å². The molecule has 0 spiro atoms. The number of hydrogen-bond donors (Lipinski definition) is 1. The lowest BCUT2D eigenvalue weighted by Crippen LogP contribution is -2.33. The molecule has 0 bridgehead atoms. The van der Waals surface area contributed by atoms with Gasteiger partial charge in [0.05, 0.1) is 0 Å². The van der Waals surface area contributed by atoms with Crippen molar-refractivity contribution in [2.24, 2.45) is 11.7 Å². The summed E-state index contributed by atoms with van der Waals surface area (Å²) >= 11 is 0. The average Bonchev–Trinajstić information content (AvgIpc) is 2.48. The molecule has 1 aromatic rings. The molecule has 1 aliphatic rings. The Hall–Kier alpha value is -0.820. The Morgan fingerprint density at radius 3 is 2.43 bits per heavy atom. The number of nitrogens with two attached hydrogens (primary N) is 1. The van der Waals surface area contributed by atoms with Crippen LogP contribution in [0.15, 0.2) is 24.3 Å². The smallest absolute Gasteiger partial charge is 0.0412 e. The second-order valence-electron chi connectivity index (χ2n) is 4.87. The fraction of sp³-hybridized carbons (Fsp3) is 0.538. The first-order valence-electron chi connectivity index (χ1n) is 5.46. The van der Waals surface area contributed by atoms with Crippen LogP contribution in [0.4, 0.5) is 0 Å². The van der Waals surface area contributed by atoms with E-state index in [2.05, 4.69) is 38.1 Å². The molecule has 76 valence electrons. The van der Waals surface area contributed by atoms with Crippen LogP contribution in [-0.4, -0.2) is 0 Å². The Morgan fingerprint density at radius 1 is 1.29 bits per heavy atom. The number of rotatable bonds is 1. The zero-order valence-electron chi connectivity index (χ0n) is 9.09. The number of hydrogen-bond acceptors (Lipinski definition) is 1. The van der Waals surface area contributed by atoms with E-state index in [4.69, 9.17) is 5.73 Å². The SMILES string of the molecule is Cc1ccc(C2(N)CCC(C)C2)cc1. The van der Waals surface area contributed by atoms with Crippen LogP contribution in [0.2, 0.25) is 0 Å². The van der Waals surface area contributed by atoms with Crippen molar-refractivity contribution in [3.63, 3.8) is 0 Å². The second kappa shape index (κ2) is 3.39. The predicted molar refractivity (Wildman–Crippen MR) is 60.1 cm³/mol. The molecule has 1 fully saturated rings. The first kappa shape index (κ1) is 9.72. The molecule has 0 heterocycles. The van der Waals surface area contributed by atoms with Crippen molar-refractivity contribution in [3.8, 4) is 0 Å². The third-order valence-corrected chi connectivity index (χ3v) is 3.42. The van der Waals surface area contributed by atoms with Crippen molar-refractivity contribution < 1.29 is 0 Å². The van der Waals surface area contributed by atoms with E-state index >= 15 is 0 Å². The van der Waals surface area contributed by atoms with E-state index in [0.29, 0.717) is 0 Å². The van der Waals surface area contributed by atoms with Gasteiger partial charge in [-0.1, -0.05) is 36.8 Å². The molecule has 2 N–H and O–H groups in total. The zero-order valence-corrected chi connectivity index (χ0v) is 9.09. The van der Waals surface area contributed by atoms with Gasteiger partial charge in [0.25, 0.3) is 0 Å². The summed E-state index contributed by atoms with van der Waals surface area (Å²) in [4.78, 5) is 0. The van der Waals surface area contributed by atoms with Gasteiger partial charge in [0.15, 0.2) is 0 Å². The molecular weight excluding hydrogens is 170 g/mol. The fourth-order valence-electron chi connectivity index (χ4n) is 2.48. The summed E-state index contributed by atoms with van der Waals surface area (Å²) in [5, 5.41) is 0. The van der Waals surface area contributed by atoms with Crippen molar-refractivity contribution in [1.29, 1.82) is 0 Å². The molecule has 0 aliphatic heterocycles. The van der Waals surface area contributed by atoms with E-state index in [1.807, 2.05) is 0 Å². The molecule has 0 radical (unpaired) electrons. The lowest BCUT2D eigenvalue weighted by atomic mass is 9.88. The number of aryl methyl sites for hydroxylation is 1. The summed E-state index contributed by atoms with van der Waals surface area (Å²) in [6, 6.07) is 8.70. The number of benzene rings is 1. The minimum atomic E-state index is -0.0485. The van der Waals surface area contributed by atoms with Crippen molar-refractivity contribution >= 4 is 0 Å². The van der Waals surface area contributed by atoms with Crippen molar-refractivity contribution in [2.75, 3.05) is 0 Å². The molecule has 0 saturated heterocycles. The fourth-order valence-corrected chi connectivity index (χ4v) is 2.48. The molecule has 1 aliphatic carbocycles. The summed E-state index contributed by atoms with van der Waals surface area (Å²) in [6.07, 6.45) is 3.54. The molecule has 0 amide bonds. The molecule has 1 nitrogen and oxygen atoms in total. The van der Waals surface area contributed by atoms with Crippen LogP contribution in [0.1, 0.15) is 37.3 Å². The quantitative estimate of drug-likeness (QED) is 0.722. The Labute approximate surface area is 86.3 Å². The second-order valence-corrected chi connectivity index (χ2v) is 4.87. The molecule has 1 aromatic carbocycles. The highest BCUT2D eigenvalue weighted by atomic mass is 14.8. The summed E-state index contributed by atoms with van der Waals surface area (Å²) in [5.41, 5.74) is 8.99. The van der Waals surface area contributed by atoms with E-state index in [-0.39, 0.29) is 5.54 Å². The van der Waals surface area contributed by atoms with E-state index in [1.54, 1.807) is 0 Å². The van der Waals surface area contributed by atoms with Crippen LogP contribution in [0.5, 0.6) is 0 Å². The highest BCUT2D eigenvalue weighted by Gasteiger charge is 2.34. The third kappa shape index (κ3) is 1.69. The van der Waals surface area contributed by atoms with Gasteiger partial charge >= 0.3 is 0 Å². The van der Waals surface area contributed by atoms with Crippen LogP contribution in [0, 0.1) is 12.8 Å². The average molecular weight is 189 g/mol. The first-order chi connectivity index (χ1) is 6.60. The predicted octanol–water partition coefficient (Wildman–Crippen LogP) is 2.97. The van der Waals surface area contributed by atoms with Crippen LogP contribution >= 0.6 is 0 Å². The molecule has 0 aromatic heterocycles. The van der Waals surface area contributed by atoms with Gasteiger partial charge in [0, 0.05) is 5.54 Å². The van der Waals surface area contributed by atoms with Crippen LogP contribution < -0.4 is 5.73 Å². The molecule has 2 atom stereocenters. The highest BCUT2D eigenvalue weighted by Crippen LogP contribution is 2.39. The minimum Gasteiger partial charge on any atom is -0.321 e. The molecule has 14 heavy (non-hydrogen) atoms. The van der Waals surface area contributed by atoms with Gasteiger partial charge in [-0.3, -0.25) is 0 Å². The van der Waals surface area contributed by atoms with Gasteiger partial charge in [-0.25, -0.2) is 0 Å². The summed E-state index contributed by atoms with van der Waals surface area (Å²) < 4.78 is 0.